The number of hydrogen-bond donors (Lipinski definition) is 0. The molecule has 0 aliphatic heterocycles. The fourth-order valence-electron chi connectivity index (χ4n) is 3.93. The monoisotopic (exact) mass is 406 g/mol. The van der Waals surface area contributed by atoms with Gasteiger partial charge in [-0.1, -0.05) is 88.4 Å². The number of allylic oxidation sites excluding steroid dienone is 1. The van der Waals surface area contributed by atoms with Crippen LogP contribution in [-0.2, 0) is 26.8 Å². The summed E-state index contributed by atoms with van der Waals surface area (Å²) in [6.45, 7) is 15.4. The average Bonchev–Trinajstić information content (AvgIpc) is 3.32. The smallest absolute Gasteiger partial charge is 0.143 e. The first-order valence-corrected chi connectivity index (χ1v) is 11.2. The standard InChI is InChI=1S/C12H14O.C12H12O.2C2H6/c2*1-9(13)12(2)8-7-10-5-3-4-6-11(10)12;2*1-2/h3-6H,7-8H2,1-2H3;3-8H,1-2H3;2*1-2H3/t2*12-;;/m00../s1. The van der Waals surface area contributed by atoms with Crippen LogP contribution >= 0.6 is 0 Å². The van der Waals surface area contributed by atoms with Gasteiger partial charge in [0.25, 0.3) is 0 Å². The molecule has 0 saturated carbocycles. The van der Waals surface area contributed by atoms with Crippen molar-refractivity contribution in [2.45, 2.75) is 79.1 Å². The van der Waals surface area contributed by atoms with E-state index < -0.39 is 5.41 Å². The SMILES string of the molecule is CC.CC.CC(=O)[C@]1(C)C=Cc2ccccc21.CC(=O)[C@]1(C)CCc2ccccc21. The lowest BCUT2D eigenvalue weighted by Gasteiger charge is -2.21. The molecule has 4 rings (SSSR count). The molecule has 2 aromatic carbocycles. The van der Waals surface area contributed by atoms with Crippen molar-refractivity contribution >= 4 is 17.6 Å². The van der Waals surface area contributed by atoms with E-state index in [1.807, 2.05) is 83.2 Å². The van der Waals surface area contributed by atoms with Crippen LogP contribution in [0.3, 0.4) is 0 Å². The Balaban J connectivity index is 0.000000258. The van der Waals surface area contributed by atoms with Gasteiger partial charge in [-0.15, -0.1) is 0 Å². The molecule has 0 fully saturated rings. The van der Waals surface area contributed by atoms with Crippen molar-refractivity contribution in [1.82, 2.24) is 0 Å². The molecule has 0 unspecified atom stereocenters. The summed E-state index contributed by atoms with van der Waals surface area (Å²) >= 11 is 0. The summed E-state index contributed by atoms with van der Waals surface area (Å²) in [6.07, 6.45) is 6.03. The molecule has 30 heavy (non-hydrogen) atoms. The lowest BCUT2D eigenvalue weighted by atomic mass is 9.81. The highest BCUT2D eigenvalue weighted by atomic mass is 16.1. The third-order valence-electron chi connectivity index (χ3n) is 6.13. The Labute approximate surface area is 183 Å². The molecule has 0 aromatic heterocycles. The fraction of sp³-hybridized carbons (Fsp3) is 0.429. The second-order valence-corrected chi connectivity index (χ2v) is 7.72. The molecule has 0 amide bonds. The van der Waals surface area contributed by atoms with Gasteiger partial charge in [-0.2, -0.15) is 0 Å². The van der Waals surface area contributed by atoms with E-state index in [2.05, 4.69) is 19.1 Å². The van der Waals surface area contributed by atoms with Crippen molar-refractivity contribution in [2.75, 3.05) is 0 Å². The van der Waals surface area contributed by atoms with Gasteiger partial charge < -0.3 is 0 Å². The van der Waals surface area contributed by atoms with Crippen molar-refractivity contribution in [3.05, 3.63) is 76.9 Å². The first kappa shape index (κ1) is 25.6. The van der Waals surface area contributed by atoms with Crippen LogP contribution in [0.1, 0.15) is 84.1 Å². The van der Waals surface area contributed by atoms with Crippen molar-refractivity contribution < 1.29 is 9.59 Å². The van der Waals surface area contributed by atoms with Crippen molar-refractivity contribution in [3.8, 4) is 0 Å². The Morgan fingerprint density at radius 2 is 1.30 bits per heavy atom. The Morgan fingerprint density at radius 1 is 0.767 bits per heavy atom. The van der Waals surface area contributed by atoms with Crippen molar-refractivity contribution in [1.29, 1.82) is 0 Å². The quantitative estimate of drug-likeness (QED) is 0.533. The predicted octanol–water partition coefficient (Wildman–Crippen LogP) is 7.09. The number of carbonyl (C=O) groups excluding carboxylic acids is 2. The van der Waals surface area contributed by atoms with Gasteiger partial charge in [0, 0.05) is 0 Å². The molecule has 0 radical (unpaired) electrons. The van der Waals surface area contributed by atoms with E-state index in [1.54, 1.807) is 13.8 Å². The van der Waals surface area contributed by atoms with Crippen LogP contribution in [0.25, 0.3) is 6.08 Å². The average molecular weight is 407 g/mol. The molecular weight excluding hydrogens is 368 g/mol. The van der Waals surface area contributed by atoms with Gasteiger partial charge in [-0.3, -0.25) is 9.59 Å². The van der Waals surface area contributed by atoms with Crippen LogP contribution in [0.5, 0.6) is 0 Å². The minimum absolute atomic E-state index is 0.203. The zero-order valence-electron chi connectivity index (χ0n) is 20.0. The lowest BCUT2D eigenvalue weighted by molar-refractivity contribution is -0.122. The number of benzene rings is 2. The minimum atomic E-state index is -0.392. The zero-order chi connectivity index (χ0) is 22.9. The normalized spacial score (nSPS) is 22.1. The Hall–Kier alpha value is -2.48. The number of fused-ring (bicyclic) bond motifs is 2. The van der Waals surface area contributed by atoms with Gasteiger partial charge in [0.1, 0.15) is 11.6 Å². The molecule has 2 heteroatoms. The highest BCUT2D eigenvalue weighted by molar-refractivity contribution is 5.94. The molecule has 0 spiro atoms. The summed E-state index contributed by atoms with van der Waals surface area (Å²) in [5, 5.41) is 0. The number of aryl methyl sites for hydroxylation is 1. The third kappa shape index (κ3) is 4.98. The van der Waals surface area contributed by atoms with E-state index in [0.29, 0.717) is 0 Å². The van der Waals surface area contributed by atoms with E-state index in [0.717, 1.165) is 18.4 Å². The van der Waals surface area contributed by atoms with Gasteiger partial charge in [0.05, 0.1) is 10.8 Å². The highest BCUT2D eigenvalue weighted by Gasteiger charge is 2.37. The molecule has 2 aromatic rings. The van der Waals surface area contributed by atoms with Crippen LogP contribution in [-0.4, -0.2) is 11.6 Å². The maximum absolute atomic E-state index is 11.5. The van der Waals surface area contributed by atoms with Crippen LogP contribution in [0.15, 0.2) is 54.6 Å². The molecular formula is C28H38O2. The Kier molecular flexibility index (Phi) is 9.42. The molecule has 162 valence electrons. The van der Waals surface area contributed by atoms with Crippen LogP contribution in [0.2, 0.25) is 0 Å². The Morgan fingerprint density at radius 3 is 1.87 bits per heavy atom. The van der Waals surface area contributed by atoms with E-state index >= 15 is 0 Å². The summed E-state index contributed by atoms with van der Waals surface area (Å²) in [5.74, 6) is 0.492. The number of Topliss-reactive ketones (excluding diaryl/α,β-unsaturated/α-hetero) is 2. The second kappa shape index (κ2) is 11.1. The summed E-state index contributed by atoms with van der Waals surface area (Å²) in [5.41, 5.74) is 4.28. The fourth-order valence-corrected chi connectivity index (χ4v) is 3.93. The molecule has 0 bridgehead atoms. The van der Waals surface area contributed by atoms with Gasteiger partial charge in [-0.05, 0) is 62.8 Å². The molecule has 2 nitrogen and oxygen atoms in total. The van der Waals surface area contributed by atoms with Crippen LogP contribution in [0, 0.1) is 0 Å². The summed E-state index contributed by atoms with van der Waals surface area (Å²) < 4.78 is 0. The topological polar surface area (TPSA) is 34.1 Å². The van der Waals surface area contributed by atoms with Gasteiger partial charge >= 0.3 is 0 Å². The highest BCUT2D eigenvalue weighted by Crippen LogP contribution is 2.39. The minimum Gasteiger partial charge on any atom is -0.299 e. The first-order chi connectivity index (χ1) is 14.3. The largest absolute Gasteiger partial charge is 0.299 e. The number of hydrogen-bond acceptors (Lipinski definition) is 2. The van der Waals surface area contributed by atoms with E-state index in [9.17, 15) is 9.59 Å². The summed E-state index contributed by atoms with van der Waals surface area (Å²) in [6, 6.07) is 16.3. The number of rotatable bonds is 2. The van der Waals surface area contributed by atoms with Crippen molar-refractivity contribution in [3.63, 3.8) is 0 Å². The number of carbonyl (C=O) groups is 2. The predicted molar refractivity (Wildman–Crippen MR) is 129 cm³/mol. The lowest BCUT2D eigenvalue weighted by Crippen LogP contribution is -2.27. The van der Waals surface area contributed by atoms with E-state index in [4.69, 9.17) is 0 Å². The van der Waals surface area contributed by atoms with E-state index in [-0.39, 0.29) is 17.0 Å². The zero-order valence-corrected chi connectivity index (χ0v) is 20.0. The molecule has 2 aliphatic carbocycles. The van der Waals surface area contributed by atoms with E-state index in [1.165, 1.54) is 16.7 Å². The van der Waals surface area contributed by atoms with Gasteiger partial charge in [0.2, 0.25) is 0 Å². The summed E-state index contributed by atoms with van der Waals surface area (Å²) in [4.78, 5) is 23.0. The molecule has 0 saturated heterocycles. The molecule has 2 atom stereocenters. The van der Waals surface area contributed by atoms with Gasteiger partial charge in [0.15, 0.2) is 0 Å². The number of ketones is 2. The summed E-state index contributed by atoms with van der Waals surface area (Å²) in [7, 11) is 0. The molecule has 0 heterocycles. The van der Waals surface area contributed by atoms with Gasteiger partial charge in [-0.25, -0.2) is 0 Å². The second-order valence-electron chi connectivity index (χ2n) is 7.72. The van der Waals surface area contributed by atoms with Crippen LogP contribution < -0.4 is 0 Å². The molecule has 0 N–H and O–H groups in total. The van der Waals surface area contributed by atoms with Crippen molar-refractivity contribution in [2.24, 2.45) is 0 Å². The maximum atomic E-state index is 11.5. The van der Waals surface area contributed by atoms with Crippen LogP contribution in [0.4, 0.5) is 0 Å². The maximum Gasteiger partial charge on any atom is 0.143 e. The Bertz CT molecular complexity index is 887. The first-order valence-electron chi connectivity index (χ1n) is 11.2. The third-order valence-corrected chi connectivity index (χ3v) is 6.13. The molecule has 2 aliphatic rings.